The van der Waals surface area contributed by atoms with Crippen LogP contribution in [0.1, 0.15) is 51.6 Å². The van der Waals surface area contributed by atoms with Crippen LogP contribution in [0.3, 0.4) is 0 Å². The molecule has 1 saturated heterocycles. The van der Waals surface area contributed by atoms with Crippen molar-refractivity contribution in [1.29, 1.82) is 0 Å². The summed E-state index contributed by atoms with van der Waals surface area (Å²) in [5.41, 5.74) is 2.05. The van der Waals surface area contributed by atoms with Crippen molar-refractivity contribution in [2.45, 2.75) is 38.8 Å². The van der Waals surface area contributed by atoms with Gasteiger partial charge in [0.1, 0.15) is 15.7 Å². The summed E-state index contributed by atoms with van der Waals surface area (Å²) in [6.45, 7) is 5.71. The predicted octanol–water partition coefficient (Wildman–Crippen LogP) is 3.64. The molecule has 1 fully saturated rings. The van der Waals surface area contributed by atoms with Crippen LogP contribution in [-0.2, 0) is 13.0 Å². The lowest BCUT2D eigenvalue weighted by Gasteiger charge is -2.35. The van der Waals surface area contributed by atoms with E-state index in [9.17, 15) is 9.18 Å². The number of benzene rings is 1. The van der Waals surface area contributed by atoms with Crippen LogP contribution in [0.5, 0.6) is 0 Å². The Balaban J connectivity index is 1.50. The van der Waals surface area contributed by atoms with E-state index in [1.165, 1.54) is 30.2 Å². The molecule has 4 rings (SSSR count). The Morgan fingerprint density at radius 3 is 2.92 bits per heavy atom. The Bertz CT molecular complexity index is 785. The quantitative estimate of drug-likeness (QED) is 0.840. The Kier molecular flexibility index (Phi) is 4.56. The average molecular weight is 359 g/mol. The summed E-state index contributed by atoms with van der Waals surface area (Å²) < 4.78 is 13.6. The smallest absolute Gasteiger partial charge is 0.266 e. The molecular formula is C19H22FN3OS. The summed E-state index contributed by atoms with van der Waals surface area (Å²) >= 11 is 1.49. The van der Waals surface area contributed by atoms with Crippen LogP contribution in [0.4, 0.5) is 4.39 Å². The summed E-state index contributed by atoms with van der Waals surface area (Å²) in [7, 11) is 0. The molecule has 0 saturated carbocycles. The van der Waals surface area contributed by atoms with Crippen LogP contribution in [0, 0.1) is 5.82 Å². The molecule has 0 radical (unpaired) electrons. The molecule has 1 amide bonds. The highest BCUT2D eigenvalue weighted by molar-refractivity contribution is 7.13. The topological polar surface area (TPSA) is 36.4 Å². The summed E-state index contributed by atoms with van der Waals surface area (Å²) in [6.07, 6.45) is 4.97. The molecular weight excluding hydrogens is 337 g/mol. The third kappa shape index (κ3) is 3.33. The van der Waals surface area contributed by atoms with Gasteiger partial charge in [-0.1, -0.05) is 6.07 Å². The maximum absolute atomic E-state index is 13.6. The van der Waals surface area contributed by atoms with Crippen LogP contribution >= 0.6 is 11.3 Å². The van der Waals surface area contributed by atoms with Gasteiger partial charge in [-0.2, -0.15) is 0 Å². The first-order chi connectivity index (χ1) is 12.1. The van der Waals surface area contributed by atoms with Gasteiger partial charge in [-0.25, -0.2) is 9.37 Å². The van der Waals surface area contributed by atoms with E-state index in [0.29, 0.717) is 11.4 Å². The second kappa shape index (κ2) is 6.84. The first kappa shape index (κ1) is 16.7. The van der Waals surface area contributed by atoms with Gasteiger partial charge in [-0.05, 0) is 62.5 Å². The highest BCUT2D eigenvalue weighted by atomic mass is 32.1. The van der Waals surface area contributed by atoms with Crippen molar-refractivity contribution in [3.63, 3.8) is 0 Å². The number of halogens is 1. The number of aromatic nitrogens is 1. The highest BCUT2D eigenvalue weighted by Gasteiger charge is 2.29. The number of carbonyl (C=O) groups excluding carboxylic acids is 1. The summed E-state index contributed by atoms with van der Waals surface area (Å²) in [4.78, 5) is 22.3. The average Bonchev–Trinajstić information content (AvgIpc) is 3.28. The molecule has 1 unspecified atom stereocenters. The third-order valence-corrected chi connectivity index (χ3v) is 6.20. The van der Waals surface area contributed by atoms with Crippen LogP contribution < -0.4 is 0 Å². The van der Waals surface area contributed by atoms with Crippen LogP contribution in [-0.4, -0.2) is 40.3 Å². The zero-order chi connectivity index (χ0) is 17.4. The lowest BCUT2D eigenvalue weighted by atomic mass is 9.93. The standard InChI is InChI=1S/C19H22FN3OS/c1-13-16-10-15(20)5-4-14(16)6-9-23(13)19(24)17-11-21-18(25-17)12-22-7-2-3-8-22/h4-5,10-11,13H,2-3,6-9,12H2,1H3. The number of amides is 1. The van der Waals surface area contributed by atoms with Gasteiger partial charge < -0.3 is 4.90 Å². The van der Waals surface area contributed by atoms with Gasteiger partial charge in [0.25, 0.3) is 5.91 Å². The number of fused-ring (bicyclic) bond motifs is 1. The predicted molar refractivity (Wildman–Crippen MR) is 96.2 cm³/mol. The van der Waals surface area contributed by atoms with E-state index in [2.05, 4.69) is 9.88 Å². The molecule has 1 aromatic carbocycles. The summed E-state index contributed by atoms with van der Waals surface area (Å²) in [6, 6.07) is 4.78. The van der Waals surface area contributed by atoms with Crippen LogP contribution in [0.25, 0.3) is 0 Å². The monoisotopic (exact) mass is 359 g/mol. The molecule has 4 nitrogen and oxygen atoms in total. The summed E-state index contributed by atoms with van der Waals surface area (Å²) in [5.74, 6) is -0.238. The Morgan fingerprint density at radius 1 is 1.32 bits per heavy atom. The maximum atomic E-state index is 13.6. The van der Waals surface area contributed by atoms with E-state index < -0.39 is 0 Å². The molecule has 3 heterocycles. The number of likely N-dealkylation sites (tertiary alicyclic amines) is 1. The first-order valence-corrected chi connectivity index (χ1v) is 9.70. The maximum Gasteiger partial charge on any atom is 0.266 e. The summed E-state index contributed by atoms with van der Waals surface area (Å²) in [5, 5.41) is 1.00. The number of hydrogen-bond donors (Lipinski definition) is 0. The van der Waals surface area contributed by atoms with Crippen molar-refractivity contribution in [2.24, 2.45) is 0 Å². The van der Waals surface area contributed by atoms with Crippen LogP contribution in [0.2, 0.25) is 0 Å². The Morgan fingerprint density at radius 2 is 2.12 bits per heavy atom. The second-order valence-corrected chi connectivity index (χ2v) is 7.98. The lowest BCUT2D eigenvalue weighted by Crippen LogP contribution is -2.38. The van der Waals surface area contributed by atoms with Gasteiger partial charge in [0.2, 0.25) is 0 Å². The third-order valence-electron chi connectivity index (χ3n) is 5.23. The highest BCUT2D eigenvalue weighted by Crippen LogP contribution is 2.32. The number of thiazole rings is 1. The molecule has 1 aromatic heterocycles. The van der Waals surface area contributed by atoms with E-state index in [0.717, 1.165) is 42.2 Å². The molecule has 2 aliphatic heterocycles. The van der Waals surface area contributed by atoms with E-state index in [1.54, 1.807) is 12.3 Å². The molecule has 0 N–H and O–H groups in total. The van der Waals surface area contributed by atoms with Gasteiger partial charge in [0.05, 0.1) is 18.8 Å². The zero-order valence-electron chi connectivity index (χ0n) is 14.4. The first-order valence-electron chi connectivity index (χ1n) is 8.88. The van der Waals surface area contributed by atoms with Crippen molar-refractivity contribution in [1.82, 2.24) is 14.8 Å². The minimum atomic E-state index is -0.245. The van der Waals surface area contributed by atoms with Gasteiger partial charge in [-0.3, -0.25) is 9.69 Å². The molecule has 2 aromatic rings. The minimum absolute atomic E-state index is 0.00702. The number of hydrogen-bond acceptors (Lipinski definition) is 4. The van der Waals surface area contributed by atoms with Gasteiger partial charge in [0.15, 0.2) is 0 Å². The van der Waals surface area contributed by atoms with E-state index >= 15 is 0 Å². The minimum Gasteiger partial charge on any atom is -0.331 e. The van der Waals surface area contributed by atoms with E-state index in [4.69, 9.17) is 0 Å². The van der Waals surface area contributed by atoms with Crippen LogP contribution in [0.15, 0.2) is 24.4 Å². The molecule has 0 spiro atoms. The van der Waals surface area contributed by atoms with Gasteiger partial charge >= 0.3 is 0 Å². The number of nitrogens with zero attached hydrogens (tertiary/aromatic N) is 3. The van der Waals surface area contributed by atoms with Gasteiger partial charge in [0, 0.05) is 6.54 Å². The van der Waals surface area contributed by atoms with E-state index in [1.807, 2.05) is 17.9 Å². The van der Waals surface area contributed by atoms with Crippen molar-refractivity contribution in [3.8, 4) is 0 Å². The molecule has 6 heteroatoms. The largest absolute Gasteiger partial charge is 0.331 e. The SMILES string of the molecule is CC1c2cc(F)ccc2CCN1C(=O)c1cnc(CN2CCCC2)s1. The molecule has 2 aliphatic rings. The van der Waals surface area contributed by atoms with Crippen molar-refractivity contribution >= 4 is 17.2 Å². The second-order valence-electron chi connectivity index (χ2n) is 6.87. The fourth-order valence-electron chi connectivity index (χ4n) is 3.82. The Labute approximate surface area is 151 Å². The lowest BCUT2D eigenvalue weighted by molar-refractivity contribution is 0.0682. The molecule has 0 bridgehead atoms. The number of rotatable bonds is 3. The van der Waals surface area contributed by atoms with E-state index in [-0.39, 0.29) is 17.8 Å². The normalized spacial score (nSPS) is 20.7. The molecule has 25 heavy (non-hydrogen) atoms. The fourth-order valence-corrected chi connectivity index (χ4v) is 4.73. The van der Waals surface area contributed by atoms with Crippen molar-refractivity contribution in [2.75, 3.05) is 19.6 Å². The molecule has 132 valence electrons. The molecule has 0 aliphatic carbocycles. The zero-order valence-corrected chi connectivity index (χ0v) is 15.2. The number of carbonyl (C=O) groups is 1. The molecule has 1 atom stereocenters. The fraction of sp³-hybridized carbons (Fsp3) is 0.474. The van der Waals surface area contributed by atoms with Crippen molar-refractivity contribution in [3.05, 3.63) is 51.2 Å². The van der Waals surface area contributed by atoms with Gasteiger partial charge in [-0.15, -0.1) is 11.3 Å². The van der Waals surface area contributed by atoms with Crippen molar-refractivity contribution < 1.29 is 9.18 Å². The Hall–Kier alpha value is -1.79.